The van der Waals surface area contributed by atoms with Gasteiger partial charge in [-0.25, -0.2) is 9.78 Å². The number of carbonyl (C=O) groups is 1. The molecule has 4 aromatic rings. The first-order valence-electron chi connectivity index (χ1n) is 10.5. The summed E-state index contributed by atoms with van der Waals surface area (Å²) < 4.78 is 40.3. The van der Waals surface area contributed by atoms with E-state index in [9.17, 15) is 23.1 Å². The number of carboxylic acids is 1. The minimum atomic E-state index is -4.36. The minimum Gasteiger partial charge on any atom is -0.480 e. The first kappa shape index (κ1) is 24.3. The van der Waals surface area contributed by atoms with Crippen molar-refractivity contribution in [2.45, 2.75) is 50.1 Å². The number of alkyl halides is 3. The van der Waals surface area contributed by atoms with Crippen molar-refractivity contribution >= 4 is 40.0 Å². The van der Waals surface area contributed by atoms with Gasteiger partial charge in [0.1, 0.15) is 10.5 Å². The monoisotopic (exact) mass is 504 g/mol. The quantitative estimate of drug-likeness (QED) is 0.276. The van der Waals surface area contributed by atoms with E-state index in [0.29, 0.717) is 16.3 Å². The third-order valence-corrected chi connectivity index (χ3v) is 8.17. The lowest BCUT2D eigenvalue weighted by Crippen LogP contribution is -2.36. The molecule has 1 N–H and O–H groups in total. The number of carboxylic acid groups (broad SMARTS) is 1. The highest BCUT2D eigenvalue weighted by Gasteiger charge is 2.32. The third kappa shape index (κ3) is 4.59. The van der Waals surface area contributed by atoms with Gasteiger partial charge in [-0.05, 0) is 64.1 Å². The van der Waals surface area contributed by atoms with Gasteiger partial charge in [-0.2, -0.15) is 13.2 Å². The lowest BCUT2D eigenvalue weighted by atomic mass is 10.1. The molecular weight excluding hydrogens is 481 g/mol. The summed E-state index contributed by atoms with van der Waals surface area (Å²) in [5.41, 5.74) is 1.54. The highest BCUT2D eigenvalue weighted by atomic mass is 32.2. The molecule has 34 heavy (non-hydrogen) atoms. The molecular formula is C25H23F3N2O2S2. The van der Waals surface area contributed by atoms with Gasteiger partial charge in [-0.15, -0.1) is 23.1 Å². The summed E-state index contributed by atoms with van der Waals surface area (Å²) in [6.45, 7) is 7.18. The third-order valence-electron chi connectivity index (χ3n) is 5.76. The average molecular weight is 505 g/mol. The molecule has 178 valence electrons. The van der Waals surface area contributed by atoms with Crippen molar-refractivity contribution in [3.63, 3.8) is 0 Å². The lowest BCUT2D eigenvalue weighted by Gasteiger charge is -2.25. The second-order valence-corrected chi connectivity index (χ2v) is 10.7. The van der Waals surface area contributed by atoms with E-state index in [1.807, 2.05) is 36.6 Å². The van der Waals surface area contributed by atoms with Crippen LogP contribution >= 0.6 is 23.1 Å². The molecule has 2 aromatic carbocycles. The van der Waals surface area contributed by atoms with E-state index >= 15 is 0 Å². The van der Waals surface area contributed by atoms with E-state index in [2.05, 4.69) is 11.1 Å². The van der Waals surface area contributed by atoms with Gasteiger partial charge < -0.3 is 9.67 Å². The molecule has 0 fully saturated rings. The van der Waals surface area contributed by atoms with Gasteiger partial charge >= 0.3 is 12.1 Å². The molecule has 0 aliphatic rings. The van der Waals surface area contributed by atoms with E-state index in [4.69, 9.17) is 0 Å². The summed E-state index contributed by atoms with van der Waals surface area (Å²) in [6.07, 6.45) is -4.36. The molecule has 2 aromatic heterocycles. The average Bonchev–Trinajstić information content (AvgIpc) is 3.30. The van der Waals surface area contributed by atoms with Crippen LogP contribution in [0.15, 0.2) is 53.4 Å². The van der Waals surface area contributed by atoms with Crippen molar-refractivity contribution in [2.24, 2.45) is 0 Å². The summed E-state index contributed by atoms with van der Waals surface area (Å²) in [5.74, 6) is -0.216. The van der Waals surface area contributed by atoms with Crippen LogP contribution in [0.5, 0.6) is 0 Å². The van der Waals surface area contributed by atoms with Crippen LogP contribution < -0.4 is 0 Å². The number of thioether (sulfide) groups is 1. The Morgan fingerprint density at radius 1 is 1.09 bits per heavy atom. The number of hydrogen-bond donors (Lipinski definition) is 1. The van der Waals surface area contributed by atoms with Crippen molar-refractivity contribution in [3.8, 4) is 10.6 Å². The first-order chi connectivity index (χ1) is 15.9. The van der Waals surface area contributed by atoms with Gasteiger partial charge in [-0.3, -0.25) is 0 Å². The molecule has 0 unspecified atom stereocenters. The zero-order valence-corrected chi connectivity index (χ0v) is 20.7. The topological polar surface area (TPSA) is 55.1 Å². The molecule has 2 heterocycles. The van der Waals surface area contributed by atoms with Gasteiger partial charge in [-0.1, -0.05) is 12.1 Å². The smallest absolute Gasteiger partial charge is 0.416 e. The summed E-state index contributed by atoms with van der Waals surface area (Å²) in [6, 6.07) is 13.0. The molecule has 4 rings (SSSR count). The molecule has 0 radical (unpaired) electrons. The summed E-state index contributed by atoms with van der Waals surface area (Å²) in [5, 5.41) is 11.3. The number of aryl methyl sites for hydroxylation is 2. The van der Waals surface area contributed by atoms with Crippen molar-refractivity contribution in [1.82, 2.24) is 9.55 Å². The van der Waals surface area contributed by atoms with Crippen LogP contribution in [-0.4, -0.2) is 20.6 Å². The molecule has 0 aliphatic heterocycles. The summed E-state index contributed by atoms with van der Waals surface area (Å²) in [7, 11) is 0. The number of fused-ring (bicyclic) bond motifs is 1. The Hall–Kier alpha value is -2.78. The van der Waals surface area contributed by atoms with E-state index in [1.54, 1.807) is 25.6 Å². The Morgan fingerprint density at radius 3 is 2.38 bits per heavy atom. The van der Waals surface area contributed by atoms with E-state index in [1.165, 1.54) is 23.5 Å². The zero-order valence-electron chi connectivity index (χ0n) is 19.0. The molecule has 0 aliphatic carbocycles. The van der Waals surface area contributed by atoms with Gasteiger partial charge in [0.2, 0.25) is 0 Å². The molecule has 0 atom stereocenters. The Balaban J connectivity index is 1.53. The standard InChI is InChI=1S/C25H23F3N2O2S2/c1-14-11-17-12-19(9-10-20(17)30(14)24(3,4)23(31)32)33-13-21-15(2)29-22(34-21)16-5-7-18(8-6-16)25(26,27)28/h5-12H,13H2,1-4H3,(H,31,32). The van der Waals surface area contributed by atoms with Crippen molar-refractivity contribution in [1.29, 1.82) is 0 Å². The first-order valence-corrected chi connectivity index (χ1v) is 12.3. The second-order valence-electron chi connectivity index (χ2n) is 8.60. The van der Waals surface area contributed by atoms with Crippen molar-refractivity contribution in [2.75, 3.05) is 0 Å². The maximum atomic E-state index is 12.8. The van der Waals surface area contributed by atoms with Gasteiger partial charge in [0.05, 0.1) is 11.3 Å². The van der Waals surface area contributed by atoms with Crippen molar-refractivity contribution < 1.29 is 23.1 Å². The van der Waals surface area contributed by atoms with Gasteiger partial charge in [0, 0.05) is 37.7 Å². The number of aliphatic carboxylic acids is 1. The van der Waals surface area contributed by atoms with Crippen molar-refractivity contribution in [3.05, 3.63) is 70.4 Å². The SMILES string of the molecule is Cc1nc(-c2ccc(C(F)(F)F)cc2)sc1CSc1ccc2c(c1)cc(C)n2C(C)(C)C(=O)O. The van der Waals surface area contributed by atoms with E-state index in [0.717, 1.165) is 44.2 Å². The fourth-order valence-electron chi connectivity index (χ4n) is 3.89. The number of hydrogen-bond acceptors (Lipinski definition) is 4. The highest BCUT2D eigenvalue weighted by Crippen LogP contribution is 2.36. The maximum absolute atomic E-state index is 12.8. The van der Waals surface area contributed by atoms with Crippen LogP contribution in [0.2, 0.25) is 0 Å². The van der Waals surface area contributed by atoms with Gasteiger partial charge in [0.25, 0.3) is 0 Å². The summed E-state index contributed by atoms with van der Waals surface area (Å²) >= 11 is 3.12. The van der Waals surface area contributed by atoms with Crippen LogP contribution in [0.1, 0.15) is 35.7 Å². The highest BCUT2D eigenvalue weighted by molar-refractivity contribution is 7.98. The number of thiazole rings is 1. The largest absolute Gasteiger partial charge is 0.480 e. The summed E-state index contributed by atoms with van der Waals surface area (Å²) in [4.78, 5) is 18.4. The zero-order chi connectivity index (χ0) is 24.8. The Bertz CT molecular complexity index is 1370. The van der Waals surface area contributed by atoms with Crippen LogP contribution in [0.3, 0.4) is 0 Å². The lowest BCUT2D eigenvalue weighted by molar-refractivity contribution is -0.145. The predicted octanol–water partition coefficient (Wildman–Crippen LogP) is 7.51. The molecule has 0 bridgehead atoms. The number of nitrogens with zero attached hydrogens (tertiary/aromatic N) is 2. The molecule has 0 amide bonds. The molecule has 9 heteroatoms. The van der Waals surface area contributed by atoms with Crippen LogP contribution in [0, 0.1) is 13.8 Å². The molecule has 0 spiro atoms. The predicted molar refractivity (Wildman–Crippen MR) is 130 cm³/mol. The van der Waals surface area contributed by atoms with E-state index < -0.39 is 23.2 Å². The number of halogens is 3. The maximum Gasteiger partial charge on any atom is 0.416 e. The molecule has 4 nitrogen and oxygen atoms in total. The Labute approximate surface area is 203 Å². The fourth-order valence-corrected chi connectivity index (χ4v) is 6.05. The Kier molecular flexibility index (Phi) is 6.29. The molecule has 0 saturated carbocycles. The number of benzene rings is 2. The fraction of sp³-hybridized carbons (Fsp3) is 0.280. The normalized spacial score (nSPS) is 12.4. The molecule has 0 saturated heterocycles. The van der Waals surface area contributed by atoms with E-state index in [-0.39, 0.29) is 0 Å². The Morgan fingerprint density at radius 2 is 1.76 bits per heavy atom. The van der Waals surface area contributed by atoms with Crippen LogP contribution in [-0.2, 0) is 22.3 Å². The second kappa shape index (κ2) is 8.78. The van der Waals surface area contributed by atoms with Crippen LogP contribution in [0.25, 0.3) is 21.5 Å². The number of rotatable bonds is 6. The van der Waals surface area contributed by atoms with Crippen LogP contribution in [0.4, 0.5) is 13.2 Å². The van der Waals surface area contributed by atoms with Gasteiger partial charge in [0.15, 0.2) is 0 Å². The number of aromatic nitrogens is 2. The minimum absolute atomic E-state index is 0.664.